The van der Waals surface area contributed by atoms with Crippen LogP contribution in [-0.2, 0) is 0 Å². The summed E-state index contributed by atoms with van der Waals surface area (Å²) in [5, 5.41) is 10.1. The zero-order valence-electron chi connectivity index (χ0n) is 10.6. The van der Waals surface area contributed by atoms with Crippen molar-refractivity contribution < 1.29 is 9.50 Å². The molecular formula is C14H11BrFN3O2. The normalized spacial score (nSPS) is 10.3. The molecule has 2 aromatic carbocycles. The first-order chi connectivity index (χ1) is 9.58. The number of nitrogens with zero attached hydrogens (tertiary/aromatic N) is 1. The fraction of sp³-hybridized carbons (Fsp3) is 0. The lowest BCUT2D eigenvalue weighted by molar-refractivity contribution is 0.480. The zero-order valence-corrected chi connectivity index (χ0v) is 12.3. The molecule has 0 atom stereocenters. The van der Waals surface area contributed by atoms with Crippen molar-refractivity contribution in [2.24, 2.45) is 0 Å². The van der Waals surface area contributed by atoms with Crippen LogP contribution in [0.15, 0.2) is 41.5 Å². The molecule has 3 rings (SSSR count). The number of nitrogens with one attached hydrogen (secondary N) is 1. The molecule has 0 aliphatic rings. The SMILES string of the molecule is Br.Nc1c(-c2ccc(F)cc2)cc(O)c2nc[nH]c(=O)c12. The van der Waals surface area contributed by atoms with Crippen LogP contribution in [0.2, 0.25) is 0 Å². The van der Waals surface area contributed by atoms with E-state index >= 15 is 0 Å². The lowest BCUT2D eigenvalue weighted by Crippen LogP contribution is -2.09. The summed E-state index contributed by atoms with van der Waals surface area (Å²) in [5.74, 6) is -0.531. The van der Waals surface area contributed by atoms with Crippen molar-refractivity contribution in [3.63, 3.8) is 0 Å². The second-order valence-corrected chi connectivity index (χ2v) is 4.32. The number of fused-ring (bicyclic) bond motifs is 1. The average molecular weight is 352 g/mol. The predicted molar refractivity (Wildman–Crippen MR) is 84.2 cm³/mol. The first-order valence-corrected chi connectivity index (χ1v) is 5.82. The number of aromatic nitrogens is 2. The zero-order chi connectivity index (χ0) is 14.3. The third-order valence-electron chi connectivity index (χ3n) is 3.09. The number of hydrogen-bond donors (Lipinski definition) is 3. The van der Waals surface area contributed by atoms with E-state index in [0.29, 0.717) is 11.1 Å². The highest BCUT2D eigenvalue weighted by Gasteiger charge is 2.14. The lowest BCUT2D eigenvalue weighted by Gasteiger charge is -2.10. The summed E-state index contributed by atoms with van der Waals surface area (Å²) in [6.07, 6.45) is 1.20. The van der Waals surface area contributed by atoms with E-state index in [2.05, 4.69) is 9.97 Å². The number of benzene rings is 2. The Kier molecular flexibility index (Phi) is 3.95. The standard InChI is InChI=1S/C14H10FN3O2.BrH/c15-8-3-1-7(2-4-8)9-5-10(19)13-11(12(9)16)14(20)18-6-17-13;/h1-6,19H,16H2,(H,17,18,20);1H. The molecule has 0 unspecified atom stereocenters. The first kappa shape index (κ1) is 15.0. The molecule has 0 aliphatic carbocycles. The highest BCUT2D eigenvalue weighted by atomic mass is 79.9. The fourth-order valence-corrected chi connectivity index (χ4v) is 2.13. The van der Waals surface area contributed by atoms with Crippen LogP contribution < -0.4 is 11.3 Å². The van der Waals surface area contributed by atoms with Gasteiger partial charge < -0.3 is 15.8 Å². The van der Waals surface area contributed by atoms with E-state index in [-0.39, 0.29) is 45.1 Å². The van der Waals surface area contributed by atoms with Gasteiger partial charge in [0.15, 0.2) is 0 Å². The molecule has 3 aromatic rings. The topological polar surface area (TPSA) is 92.0 Å². The van der Waals surface area contributed by atoms with E-state index in [1.165, 1.54) is 36.7 Å². The molecule has 0 radical (unpaired) electrons. The average Bonchev–Trinajstić information content (AvgIpc) is 2.44. The smallest absolute Gasteiger partial charge is 0.260 e. The van der Waals surface area contributed by atoms with E-state index in [4.69, 9.17) is 5.73 Å². The molecular weight excluding hydrogens is 341 g/mol. The van der Waals surface area contributed by atoms with Gasteiger partial charge in [-0.1, -0.05) is 12.1 Å². The van der Waals surface area contributed by atoms with Gasteiger partial charge >= 0.3 is 0 Å². The molecule has 0 saturated carbocycles. The number of hydrogen-bond acceptors (Lipinski definition) is 4. The molecule has 0 amide bonds. The van der Waals surface area contributed by atoms with Crippen LogP contribution in [-0.4, -0.2) is 15.1 Å². The number of rotatable bonds is 1. The van der Waals surface area contributed by atoms with Crippen molar-refractivity contribution >= 4 is 33.6 Å². The number of anilines is 1. The number of nitrogen functional groups attached to an aromatic ring is 1. The lowest BCUT2D eigenvalue weighted by atomic mass is 10.0. The molecule has 7 heteroatoms. The third kappa shape index (κ3) is 2.47. The molecule has 21 heavy (non-hydrogen) atoms. The molecule has 108 valence electrons. The van der Waals surface area contributed by atoms with E-state index < -0.39 is 5.56 Å². The quantitative estimate of drug-likeness (QED) is 0.464. The Morgan fingerprint density at radius 3 is 2.57 bits per heavy atom. The fourth-order valence-electron chi connectivity index (χ4n) is 2.13. The Bertz CT molecular complexity index is 862. The maximum absolute atomic E-state index is 13.0. The molecule has 1 heterocycles. The Morgan fingerprint density at radius 1 is 1.24 bits per heavy atom. The molecule has 0 fully saturated rings. The van der Waals surface area contributed by atoms with Gasteiger partial charge in [0.25, 0.3) is 5.56 Å². The van der Waals surface area contributed by atoms with E-state index in [9.17, 15) is 14.3 Å². The molecule has 0 spiro atoms. The van der Waals surface area contributed by atoms with Crippen LogP contribution in [0.25, 0.3) is 22.0 Å². The monoisotopic (exact) mass is 351 g/mol. The van der Waals surface area contributed by atoms with Gasteiger partial charge in [-0.15, -0.1) is 17.0 Å². The molecule has 4 N–H and O–H groups in total. The maximum Gasteiger partial charge on any atom is 0.260 e. The minimum absolute atomic E-state index is 0. The summed E-state index contributed by atoms with van der Waals surface area (Å²) in [4.78, 5) is 18.2. The number of phenols is 1. The van der Waals surface area contributed by atoms with Crippen LogP contribution in [0.3, 0.4) is 0 Å². The minimum atomic E-state index is -0.438. The molecule has 1 aromatic heterocycles. The number of H-pyrrole nitrogens is 1. The first-order valence-electron chi connectivity index (χ1n) is 5.82. The van der Waals surface area contributed by atoms with Gasteiger partial charge in [0.05, 0.1) is 17.4 Å². The maximum atomic E-state index is 13.0. The van der Waals surface area contributed by atoms with Gasteiger partial charge in [-0.25, -0.2) is 9.37 Å². The third-order valence-corrected chi connectivity index (χ3v) is 3.09. The Balaban J connectivity index is 0.00000161. The van der Waals surface area contributed by atoms with Crippen molar-refractivity contribution in [2.45, 2.75) is 0 Å². The second-order valence-electron chi connectivity index (χ2n) is 4.32. The van der Waals surface area contributed by atoms with Crippen molar-refractivity contribution in [1.29, 1.82) is 0 Å². The largest absolute Gasteiger partial charge is 0.506 e. The summed E-state index contributed by atoms with van der Waals surface area (Å²) in [5.41, 5.74) is 6.94. The van der Waals surface area contributed by atoms with Crippen LogP contribution in [0, 0.1) is 5.82 Å². The van der Waals surface area contributed by atoms with Gasteiger partial charge in [-0.2, -0.15) is 0 Å². The van der Waals surface area contributed by atoms with Crippen molar-refractivity contribution in [3.8, 4) is 16.9 Å². The van der Waals surface area contributed by atoms with E-state index in [1.807, 2.05) is 0 Å². The Hall–Kier alpha value is -2.41. The number of phenolic OH excluding ortho intramolecular Hbond substituents is 1. The van der Waals surface area contributed by atoms with E-state index in [0.717, 1.165) is 0 Å². The summed E-state index contributed by atoms with van der Waals surface area (Å²) >= 11 is 0. The molecule has 0 saturated heterocycles. The van der Waals surface area contributed by atoms with Crippen LogP contribution in [0.1, 0.15) is 0 Å². The Morgan fingerprint density at radius 2 is 1.90 bits per heavy atom. The predicted octanol–water partition coefficient (Wildman–Crippen LogP) is 2.59. The van der Waals surface area contributed by atoms with Gasteiger partial charge in [0.1, 0.15) is 17.1 Å². The summed E-state index contributed by atoms with van der Waals surface area (Å²) in [6, 6.07) is 7.03. The van der Waals surface area contributed by atoms with Crippen molar-refractivity contribution in [1.82, 2.24) is 9.97 Å². The van der Waals surface area contributed by atoms with Crippen molar-refractivity contribution in [3.05, 3.63) is 52.8 Å². The van der Waals surface area contributed by atoms with Gasteiger partial charge in [0.2, 0.25) is 0 Å². The number of halogens is 2. The number of nitrogens with two attached hydrogens (primary N) is 1. The van der Waals surface area contributed by atoms with Gasteiger partial charge in [-0.3, -0.25) is 4.79 Å². The summed E-state index contributed by atoms with van der Waals surface area (Å²) in [7, 11) is 0. The van der Waals surface area contributed by atoms with Gasteiger partial charge in [0, 0.05) is 5.56 Å². The number of aromatic amines is 1. The summed E-state index contributed by atoms with van der Waals surface area (Å²) < 4.78 is 13.0. The number of aromatic hydroxyl groups is 1. The van der Waals surface area contributed by atoms with Crippen molar-refractivity contribution in [2.75, 3.05) is 5.73 Å². The van der Waals surface area contributed by atoms with Crippen LogP contribution >= 0.6 is 17.0 Å². The highest BCUT2D eigenvalue weighted by molar-refractivity contribution is 8.93. The molecule has 0 aliphatic heterocycles. The molecule has 5 nitrogen and oxygen atoms in total. The Labute approximate surface area is 129 Å². The van der Waals surface area contributed by atoms with Crippen LogP contribution in [0.5, 0.6) is 5.75 Å². The summed E-state index contributed by atoms with van der Waals surface area (Å²) in [6.45, 7) is 0. The second kappa shape index (κ2) is 5.53. The highest BCUT2D eigenvalue weighted by Crippen LogP contribution is 2.35. The minimum Gasteiger partial charge on any atom is -0.506 e. The van der Waals surface area contributed by atoms with E-state index in [1.54, 1.807) is 0 Å². The van der Waals surface area contributed by atoms with Crippen LogP contribution in [0.4, 0.5) is 10.1 Å². The van der Waals surface area contributed by atoms with Gasteiger partial charge in [-0.05, 0) is 23.8 Å². The molecule has 0 bridgehead atoms.